The van der Waals surface area contributed by atoms with Gasteiger partial charge in [-0.3, -0.25) is 15.1 Å². The summed E-state index contributed by atoms with van der Waals surface area (Å²) in [5.74, 6) is 0.403. The molecule has 1 heterocycles. The number of hydrogen-bond donors (Lipinski definition) is 2. The van der Waals surface area contributed by atoms with E-state index in [1.165, 1.54) is 0 Å². The van der Waals surface area contributed by atoms with Gasteiger partial charge in [0, 0.05) is 22.8 Å². The Bertz CT molecular complexity index is 1170. The number of nitrogens with one attached hydrogen (secondary N) is 2. The number of carbonyl (C=O) groups is 1. The van der Waals surface area contributed by atoms with Gasteiger partial charge in [0.1, 0.15) is 12.4 Å². The third-order valence-corrected chi connectivity index (χ3v) is 4.69. The number of anilines is 1. The number of hydrogen-bond acceptors (Lipinski definition) is 4. The molecular weight excluding hydrogens is 394 g/mol. The summed E-state index contributed by atoms with van der Waals surface area (Å²) in [6.45, 7) is 0.472. The molecule has 0 aliphatic carbocycles. The molecule has 0 unspecified atom stereocenters. The molecule has 0 aliphatic rings. The Morgan fingerprint density at radius 3 is 2.50 bits per heavy atom. The van der Waals surface area contributed by atoms with Gasteiger partial charge >= 0.3 is 0 Å². The average Bonchev–Trinajstić information content (AvgIpc) is 2.79. The smallest absolute Gasteiger partial charge is 0.257 e. The minimum atomic E-state index is -0.291. The molecule has 0 atom stereocenters. The Labute approximate surface area is 179 Å². The number of rotatable bonds is 5. The van der Waals surface area contributed by atoms with Crippen LogP contribution in [0, 0.1) is 0 Å². The summed E-state index contributed by atoms with van der Waals surface area (Å²) in [5.41, 5.74) is 3.21. The SMILES string of the molecule is O=C(NC(=S)Nc1cccc2ncccc12)c1ccc(OCc2ccccc2)cc1. The van der Waals surface area contributed by atoms with E-state index in [1.54, 1.807) is 30.5 Å². The lowest BCUT2D eigenvalue weighted by molar-refractivity contribution is 0.0977. The van der Waals surface area contributed by atoms with E-state index in [4.69, 9.17) is 17.0 Å². The summed E-state index contributed by atoms with van der Waals surface area (Å²) in [6, 6.07) is 26.4. The van der Waals surface area contributed by atoms with Crippen LogP contribution in [-0.4, -0.2) is 16.0 Å². The highest BCUT2D eigenvalue weighted by Crippen LogP contribution is 2.21. The standard InChI is InChI=1S/C24H19N3O2S/c28-23(18-11-13-19(14-12-18)29-16-17-6-2-1-3-7-17)27-24(30)26-22-10-4-9-21-20(22)8-5-15-25-21/h1-15H,16H2,(H2,26,27,28,30). The Morgan fingerprint density at radius 2 is 1.70 bits per heavy atom. The molecule has 0 bridgehead atoms. The number of ether oxygens (including phenoxy) is 1. The van der Waals surface area contributed by atoms with Crippen LogP contribution >= 0.6 is 12.2 Å². The second kappa shape index (κ2) is 9.15. The van der Waals surface area contributed by atoms with Gasteiger partial charge in [0.2, 0.25) is 0 Å². The molecule has 6 heteroatoms. The van der Waals surface area contributed by atoms with Crippen LogP contribution in [0.15, 0.2) is 91.1 Å². The number of aromatic nitrogens is 1. The van der Waals surface area contributed by atoms with Crippen molar-refractivity contribution in [2.24, 2.45) is 0 Å². The number of fused-ring (bicyclic) bond motifs is 1. The van der Waals surface area contributed by atoms with Gasteiger partial charge in [0.15, 0.2) is 5.11 Å². The lowest BCUT2D eigenvalue weighted by Crippen LogP contribution is -2.34. The molecule has 0 radical (unpaired) electrons. The fourth-order valence-corrected chi connectivity index (χ4v) is 3.19. The van der Waals surface area contributed by atoms with Crippen molar-refractivity contribution in [1.82, 2.24) is 10.3 Å². The lowest BCUT2D eigenvalue weighted by atomic mass is 10.2. The molecule has 0 saturated heterocycles. The number of nitrogens with zero attached hydrogens (tertiary/aromatic N) is 1. The molecule has 4 aromatic rings. The molecule has 1 aromatic heterocycles. The van der Waals surface area contributed by atoms with Crippen LogP contribution in [0.3, 0.4) is 0 Å². The molecule has 0 aliphatic heterocycles. The molecule has 1 amide bonds. The summed E-state index contributed by atoms with van der Waals surface area (Å²) in [4.78, 5) is 16.8. The second-order valence-electron chi connectivity index (χ2n) is 6.58. The topological polar surface area (TPSA) is 63.2 Å². The first-order valence-corrected chi connectivity index (χ1v) is 9.83. The summed E-state index contributed by atoms with van der Waals surface area (Å²) in [7, 11) is 0. The van der Waals surface area contributed by atoms with Crippen molar-refractivity contribution in [1.29, 1.82) is 0 Å². The average molecular weight is 414 g/mol. The molecule has 0 saturated carbocycles. The normalized spacial score (nSPS) is 10.4. The van der Waals surface area contributed by atoms with E-state index < -0.39 is 0 Å². The van der Waals surface area contributed by atoms with Crippen LogP contribution in [0.1, 0.15) is 15.9 Å². The predicted molar refractivity (Wildman–Crippen MR) is 123 cm³/mol. The monoisotopic (exact) mass is 413 g/mol. The zero-order valence-corrected chi connectivity index (χ0v) is 16.9. The Kier molecular flexibility index (Phi) is 5.96. The molecule has 3 aromatic carbocycles. The van der Waals surface area contributed by atoms with E-state index in [0.717, 1.165) is 22.2 Å². The molecule has 2 N–H and O–H groups in total. The predicted octanol–water partition coefficient (Wildman–Crippen LogP) is 4.94. The van der Waals surface area contributed by atoms with Crippen molar-refractivity contribution in [3.05, 3.63) is 102 Å². The third-order valence-electron chi connectivity index (χ3n) is 4.49. The largest absolute Gasteiger partial charge is 0.489 e. The zero-order chi connectivity index (χ0) is 20.8. The van der Waals surface area contributed by atoms with Crippen LogP contribution in [0.5, 0.6) is 5.75 Å². The molecule has 0 spiro atoms. The number of amides is 1. The fraction of sp³-hybridized carbons (Fsp3) is 0.0417. The van der Waals surface area contributed by atoms with Crippen molar-refractivity contribution in [3.63, 3.8) is 0 Å². The first kappa shape index (κ1) is 19.5. The van der Waals surface area contributed by atoms with E-state index in [1.807, 2.05) is 60.7 Å². The highest BCUT2D eigenvalue weighted by molar-refractivity contribution is 7.80. The first-order chi connectivity index (χ1) is 14.7. The summed E-state index contributed by atoms with van der Waals surface area (Å²) < 4.78 is 5.75. The molecule has 4 rings (SSSR count). The van der Waals surface area contributed by atoms with Crippen LogP contribution in [0.2, 0.25) is 0 Å². The highest BCUT2D eigenvalue weighted by atomic mass is 32.1. The lowest BCUT2D eigenvalue weighted by Gasteiger charge is -2.12. The van der Waals surface area contributed by atoms with E-state index in [9.17, 15) is 4.79 Å². The summed E-state index contributed by atoms with van der Waals surface area (Å²) in [6.07, 6.45) is 1.74. The van der Waals surface area contributed by atoms with Crippen molar-refractivity contribution >= 4 is 39.8 Å². The van der Waals surface area contributed by atoms with Gasteiger partial charge in [-0.05, 0) is 66.3 Å². The zero-order valence-electron chi connectivity index (χ0n) is 16.0. The van der Waals surface area contributed by atoms with Gasteiger partial charge in [-0.1, -0.05) is 36.4 Å². The summed E-state index contributed by atoms with van der Waals surface area (Å²) >= 11 is 5.31. The van der Waals surface area contributed by atoms with E-state index in [0.29, 0.717) is 17.9 Å². The van der Waals surface area contributed by atoms with Crippen LogP contribution in [0.25, 0.3) is 10.9 Å². The van der Waals surface area contributed by atoms with E-state index in [-0.39, 0.29) is 11.0 Å². The van der Waals surface area contributed by atoms with Crippen LogP contribution < -0.4 is 15.4 Å². The van der Waals surface area contributed by atoms with Crippen LogP contribution in [-0.2, 0) is 6.61 Å². The number of carbonyl (C=O) groups excluding carboxylic acids is 1. The van der Waals surface area contributed by atoms with E-state index in [2.05, 4.69) is 15.6 Å². The first-order valence-electron chi connectivity index (χ1n) is 9.42. The fourth-order valence-electron chi connectivity index (χ4n) is 2.98. The minimum Gasteiger partial charge on any atom is -0.489 e. The molecule has 5 nitrogen and oxygen atoms in total. The number of thiocarbonyl (C=S) groups is 1. The van der Waals surface area contributed by atoms with Gasteiger partial charge in [-0.2, -0.15) is 0 Å². The van der Waals surface area contributed by atoms with Gasteiger partial charge in [-0.25, -0.2) is 0 Å². The summed E-state index contributed by atoms with van der Waals surface area (Å²) in [5, 5.41) is 6.93. The van der Waals surface area contributed by atoms with Gasteiger partial charge in [-0.15, -0.1) is 0 Å². The third kappa shape index (κ3) is 4.79. The number of pyridine rings is 1. The van der Waals surface area contributed by atoms with Gasteiger partial charge < -0.3 is 10.1 Å². The Balaban J connectivity index is 1.35. The molecular formula is C24H19N3O2S. The highest BCUT2D eigenvalue weighted by Gasteiger charge is 2.10. The van der Waals surface area contributed by atoms with Gasteiger partial charge in [0.05, 0.1) is 5.52 Å². The Hall–Kier alpha value is -3.77. The van der Waals surface area contributed by atoms with Crippen molar-refractivity contribution in [3.8, 4) is 5.75 Å². The number of benzene rings is 3. The maximum atomic E-state index is 12.5. The maximum absolute atomic E-state index is 12.5. The van der Waals surface area contributed by atoms with E-state index >= 15 is 0 Å². The van der Waals surface area contributed by atoms with Crippen molar-refractivity contribution in [2.45, 2.75) is 6.61 Å². The quantitative estimate of drug-likeness (QED) is 0.454. The maximum Gasteiger partial charge on any atom is 0.257 e. The van der Waals surface area contributed by atoms with Crippen LogP contribution in [0.4, 0.5) is 5.69 Å². The molecule has 0 fully saturated rings. The van der Waals surface area contributed by atoms with Gasteiger partial charge in [0.25, 0.3) is 5.91 Å². The van der Waals surface area contributed by atoms with Crippen molar-refractivity contribution < 1.29 is 9.53 Å². The minimum absolute atomic E-state index is 0.223. The molecule has 148 valence electrons. The van der Waals surface area contributed by atoms with Crippen molar-refractivity contribution in [2.75, 3.05) is 5.32 Å². The Morgan fingerprint density at radius 1 is 0.900 bits per heavy atom. The second-order valence-corrected chi connectivity index (χ2v) is 6.99. The molecule has 30 heavy (non-hydrogen) atoms.